The van der Waals surface area contributed by atoms with Gasteiger partial charge >= 0.3 is 0 Å². The predicted octanol–water partition coefficient (Wildman–Crippen LogP) is 4.39. The van der Waals surface area contributed by atoms with Gasteiger partial charge in [0.05, 0.1) is 5.57 Å². The fourth-order valence-corrected chi connectivity index (χ4v) is 3.05. The van der Waals surface area contributed by atoms with Crippen LogP contribution in [0.2, 0.25) is 0 Å². The number of hydrogen-bond donors (Lipinski definition) is 2. The largest absolute Gasteiger partial charge is 0.511 e. The molecule has 0 fully saturated rings. The van der Waals surface area contributed by atoms with Crippen molar-refractivity contribution in [3.63, 3.8) is 0 Å². The van der Waals surface area contributed by atoms with Crippen LogP contribution in [0.3, 0.4) is 0 Å². The maximum absolute atomic E-state index is 12.2. The lowest BCUT2D eigenvalue weighted by atomic mass is 9.76. The van der Waals surface area contributed by atoms with Crippen LogP contribution in [-0.2, 0) is 4.79 Å². The number of aliphatic hydroxyl groups excluding tert-OH is 1. The summed E-state index contributed by atoms with van der Waals surface area (Å²) < 4.78 is 0.916. The number of Topliss-reactive ketones (excluding diaryl/α,β-unsaturated/α-hetero) is 1. The van der Waals surface area contributed by atoms with Crippen molar-refractivity contribution in [2.24, 2.45) is 5.41 Å². The Balaban J connectivity index is 2.23. The van der Waals surface area contributed by atoms with Crippen LogP contribution in [0.25, 0.3) is 0 Å². The number of allylic oxidation sites excluding steroid dienone is 1. The standard InChI is InChI=1S/C15H16BrNO2S/c1-15(2)7-11(18)13(12(19)8-15)14(20)17-10-5-3-4-9(16)6-10/h3-6,18H,7-8H2,1-2H3,(H,17,20). The van der Waals surface area contributed by atoms with Gasteiger partial charge in [0, 0.05) is 23.0 Å². The van der Waals surface area contributed by atoms with Crippen LogP contribution in [-0.4, -0.2) is 15.9 Å². The molecule has 2 N–H and O–H groups in total. The monoisotopic (exact) mass is 353 g/mol. The Kier molecular flexibility index (Phi) is 4.30. The van der Waals surface area contributed by atoms with Crippen molar-refractivity contribution in [3.05, 3.63) is 40.1 Å². The zero-order chi connectivity index (χ0) is 14.9. The van der Waals surface area contributed by atoms with Crippen LogP contribution < -0.4 is 5.32 Å². The molecule has 2 rings (SSSR count). The molecule has 1 aliphatic carbocycles. The number of anilines is 1. The number of carbonyl (C=O) groups is 1. The first-order chi connectivity index (χ1) is 9.28. The number of aliphatic hydroxyl groups is 1. The first-order valence-corrected chi connectivity index (χ1v) is 7.51. The third-order valence-corrected chi connectivity index (χ3v) is 3.96. The first kappa shape index (κ1) is 15.2. The molecule has 0 amide bonds. The van der Waals surface area contributed by atoms with E-state index in [2.05, 4.69) is 21.2 Å². The van der Waals surface area contributed by atoms with Gasteiger partial charge in [-0.25, -0.2) is 0 Å². The van der Waals surface area contributed by atoms with E-state index >= 15 is 0 Å². The van der Waals surface area contributed by atoms with Gasteiger partial charge in [-0.05, 0) is 23.6 Å². The topological polar surface area (TPSA) is 49.3 Å². The predicted molar refractivity (Wildman–Crippen MR) is 88.0 cm³/mol. The molecular formula is C15H16BrNO2S. The van der Waals surface area contributed by atoms with E-state index < -0.39 is 0 Å². The summed E-state index contributed by atoms with van der Waals surface area (Å²) in [5.41, 5.74) is 0.817. The van der Waals surface area contributed by atoms with Crippen LogP contribution >= 0.6 is 28.1 Å². The van der Waals surface area contributed by atoms with Gasteiger partial charge in [0.1, 0.15) is 10.7 Å². The number of halogens is 1. The Hall–Kier alpha value is -1.20. The molecule has 1 aromatic carbocycles. The van der Waals surface area contributed by atoms with E-state index in [1.54, 1.807) is 0 Å². The van der Waals surface area contributed by atoms with E-state index in [0.29, 0.717) is 12.8 Å². The van der Waals surface area contributed by atoms with Gasteiger partial charge in [0.2, 0.25) is 0 Å². The van der Waals surface area contributed by atoms with Gasteiger partial charge < -0.3 is 10.4 Å². The van der Waals surface area contributed by atoms with Crippen molar-refractivity contribution in [2.75, 3.05) is 5.32 Å². The molecular weight excluding hydrogens is 338 g/mol. The maximum atomic E-state index is 12.2. The molecule has 0 aromatic heterocycles. The molecule has 1 aromatic rings. The number of nitrogens with one attached hydrogen (secondary N) is 1. The highest BCUT2D eigenvalue weighted by atomic mass is 79.9. The molecule has 1 aliphatic rings. The highest BCUT2D eigenvalue weighted by Crippen LogP contribution is 2.36. The number of hydrogen-bond acceptors (Lipinski definition) is 3. The molecule has 20 heavy (non-hydrogen) atoms. The lowest BCUT2D eigenvalue weighted by Crippen LogP contribution is -2.31. The third-order valence-electron chi connectivity index (χ3n) is 3.16. The van der Waals surface area contributed by atoms with Crippen molar-refractivity contribution >= 4 is 44.6 Å². The molecule has 106 valence electrons. The summed E-state index contributed by atoms with van der Waals surface area (Å²) in [5, 5.41) is 13.1. The van der Waals surface area contributed by atoms with Crippen LogP contribution in [0.15, 0.2) is 40.1 Å². The Labute approximate surface area is 132 Å². The third kappa shape index (κ3) is 3.46. The summed E-state index contributed by atoms with van der Waals surface area (Å²) in [7, 11) is 0. The average molecular weight is 354 g/mol. The first-order valence-electron chi connectivity index (χ1n) is 6.31. The molecule has 0 aliphatic heterocycles. The molecule has 0 saturated heterocycles. The number of rotatable bonds is 2. The van der Waals surface area contributed by atoms with E-state index in [4.69, 9.17) is 12.2 Å². The number of thiocarbonyl (C=S) groups is 1. The van der Waals surface area contributed by atoms with Gasteiger partial charge in [-0.3, -0.25) is 4.79 Å². The molecule has 0 saturated carbocycles. The van der Waals surface area contributed by atoms with Gasteiger partial charge in [0.15, 0.2) is 5.78 Å². The minimum Gasteiger partial charge on any atom is -0.511 e. The summed E-state index contributed by atoms with van der Waals surface area (Å²) in [6.45, 7) is 3.92. The zero-order valence-electron chi connectivity index (χ0n) is 11.4. The van der Waals surface area contributed by atoms with Crippen molar-refractivity contribution in [2.45, 2.75) is 26.7 Å². The maximum Gasteiger partial charge on any atom is 0.169 e. The van der Waals surface area contributed by atoms with Gasteiger partial charge in [-0.1, -0.05) is 48.1 Å². The molecule has 0 spiro atoms. The minimum atomic E-state index is -0.212. The summed E-state index contributed by atoms with van der Waals surface area (Å²) in [4.78, 5) is 12.4. The normalized spacial score (nSPS) is 18.1. The lowest BCUT2D eigenvalue weighted by Gasteiger charge is -2.29. The SMILES string of the molecule is CC1(C)CC(=O)C(C(=S)Nc2cccc(Br)c2)=C(O)C1. The van der Waals surface area contributed by atoms with E-state index in [9.17, 15) is 9.90 Å². The Morgan fingerprint density at radius 3 is 2.70 bits per heavy atom. The summed E-state index contributed by atoms with van der Waals surface area (Å²) in [5.74, 6) is -0.0232. The molecule has 3 nitrogen and oxygen atoms in total. The van der Waals surface area contributed by atoms with E-state index in [1.165, 1.54) is 0 Å². The highest BCUT2D eigenvalue weighted by Gasteiger charge is 2.34. The average Bonchev–Trinajstić information content (AvgIpc) is 2.25. The second-order valence-electron chi connectivity index (χ2n) is 5.73. The Morgan fingerprint density at radius 2 is 2.10 bits per heavy atom. The summed E-state index contributed by atoms with van der Waals surface area (Å²) in [6.07, 6.45) is 0.862. The molecule has 0 heterocycles. The van der Waals surface area contributed by atoms with Crippen molar-refractivity contribution < 1.29 is 9.90 Å². The summed E-state index contributed by atoms with van der Waals surface area (Å²) >= 11 is 8.64. The van der Waals surface area contributed by atoms with Crippen molar-refractivity contribution in [1.82, 2.24) is 0 Å². The van der Waals surface area contributed by atoms with Crippen molar-refractivity contribution in [3.8, 4) is 0 Å². The second-order valence-corrected chi connectivity index (χ2v) is 7.05. The zero-order valence-corrected chi connectivity index (χ0v) is 13.8. The molecule has 0 atom stereocenters. The number of carbonyl (C=O) groups excluding carboxylic acids is 1. The minimum absolute atomic E-state index is 0.0822. The smallest absolute Gasteiger partial charge is 0.169 e. The highest BCUT2D eigenvalue weighted by molar-refractivity contribution is 9.10. The van der Waals surface area contributed by atoms with Gasteiger partial charge in [-0.15, -0.1) is 0 Å². The van der Waals surface area contributed by atoms with Crippen LogP contribution in [0, 0.1) is 5.41 Å². The number of benzene rings is 1. The summed E-state index contributed by atoms with van der Waals surface area (Å²) in [6, 6.07) is 7.49. The lowest BCUT2D eigenvalue weighted by molar-refractivity contribution is -0.117. The van der Waals surface area contributed by atoms with Gasteiger partial charge in [-0.2, -0.15) is 0 Å². The van der Waals surface area contributed by atoms with Crippen LogP contribution in [0.5, 0.6) is 0 Å². The van der Waals surface area contributed by atoms with Gasteiger partial charge in [0.25, 0.3) is 0 Å². The molecule has 0 unspecified atom stereocenters. The molecule has 0 bridgehead atoms. The fourth-order valence-electron chi connectivity index (χ4n) is 2.31. The van der Waals surface area contributed by atoms with E-state index in [-0.39, 0.29) is 27.5 Å². The van der Waals surface area contributed by atoms with Crippen LogP contribution in [0.1, 0.15) is 26.7 Å². The number of ketones is 1. The van der Waals surface area contributed by atoms with E-state index in [0.717, 1.165) is 10.2 Å². The van der Waals surface area contributed by atoms with Crippen LogP contribution in [0.4, 0.5) is 5.69 Å². The molecule has 0 radical (unpaired) electrons. The quantitative estimate of drug-likeness (QED) is 0.774. The molecule has 5 heteroatoms. The second kappa shape index (κ2) is 5.66. The fraction of sp³-hybridized carbons (Fsp3) is 0.333. The Bertz CT molecular complexity index is 608. The van der Waals surface area contributed by atoms with E-state index in [1.807, 2.05) is 38.1 Å². The van der Waals surface area contributed by atoms with Crippen molar-refractivity contribution in [1.29, 1.82) is 0 Å². The Morgan fingerprint density at radius 1 is 1.40 bits per heavy atom.